The highest BCUT2D eigenvalue weighted by Gasteiger charge is 2.41. The lowest BCUT2D eigenvalue weighted by molar-refractivity contribution is -0.114. The number of rotatable bonds is 9. The molecular formula is C30H43NO5SSi2. The summed E-state index contributed by atoms with van der Waals surface area (Å²) in [7, 11) is -6.59. The smallest absolute Gasteiger partial charge is 0.268 e. The molecule has 0 atom stereocenters. The summed E-state index contributed by atoms with van der Waals surface area (Å²) in [5.41, 5.74) is 2.98. The first-order valence-corrected chi connectivity index (χ1v) is 21.1. The molecule has 0 spiro atoms. The highest BCUT2D eigenvalue weighted by molar-refractivity contribution is 7.93. The van der Waals surface area contributed by atoms with Crippen molar-refractivity contribution in [2.24, 2.45) is 0 Å². The maximum atomic E-state index is 14.0. The van der Waals surface area contributed by atoms with Gasteiger partial charge in [-0.25, -0.2) is 12.7 Å². The van der Waals surface area contributed by atoms with Crippen molar-refractivity contribution in [3.05, 3.63) is 76.6 Å². The van der Waals surface area contributed by atoms with Crippen molar-refractivity contribution in [2.75, 3.05) is 18.0 Å². The van der Waals surface area contributed by atoms with Crippen LogP contribution in [0.2, 0.25) is 37.8 Å². The van der Waals surface area contributed by atoms with Gasteiger partial charge in [-0.2, -0.15) is 0 Å². The van der Waals surface area contributed by atoms with Crippen molar-refractivity contribution in [3.63, 3.8) is 0 Å². The Hall–Kier alpha value is -2.47. The van der Waals surface area contributed by atoms with E-state index in [0.29, 0.717) is 23.6 Å². The van der Waals surface area contributed by atoms with Crippen molar-refractivity contribution in [3.8, 4) is 5.75 Å². The number of nitrogens with zero attached hydrogens (tertiary/aromatic N) is 1. The molecule has 0 heterocycles. The molecular weight excluding hydrogens is 543 g/mol. The van der Waals surface area contributed by atoms with Gasteiger partial charge in [0.2, 0.25) is 0 Å². The van der Waals surface area contributed by atoms with Crippen molar-refractivity contribution in [2.45, 2.75) is 76.8 Å². The minimum Gasteiger partial charge on any atom is -0.497 e. The monoisotopic (exact) mass is 585 g/mol. The fourth-order valence-electron chi connectivity index (χ4n) is 4.30. The lowest BCUT2D eigenvalue weighted by Crippen LogP contribution is -2.41. The van der Waals surface area contributed by atoms with Crippen LogP contribution in [-0.4, -0.2) is 44.3 Å². The van der Waals surface area contributed by atoms with Crippen LogP contribution in [0, 0.1) is 6.92 Å². The van der Waals surface area contributed by atoms with Crippen LogP contribution in [0.3, 0.4) is 0 Å². The summed E-state index contributed by atoms with van der Waals surface area (Å²) >= 11 is 0. The number of hydrogen-bond acceptors (Lipinski definition) is 5. The third-order valence-electron chi connectivity index (χ3n) is 7.63. The first kappa shape index (κ1) is 31.1. The van der Waals surface area contributed by atoms with Gasteiger partial charge >= 0.3 is 0 Å². The molecule has 0 unspecified atom stereocenters. The number of anilines is 1. The quantitative estimate of drug-likeness (QED) is 0.290. The molecule has 0 fully saturated rings. The molecule has 0 aliphatic heterocycles. The van der Waals surface area contributed by atoms with E-state index in [1.807, 2.05) is 6.92 Å². The minimum atomic E-state index is -3.98. The Morgan fingerprint density at radius 2 is 1.51 bits per heavy atom. The Morgan fingerprint density at radius 3 is 2.00 bits per heavy atom. The van der Waals surface area contributed by atoms with E-state index in [2.05, 4.69) is 53.5 Å². The first-order valence-electron chi connectivity index (χ1n) is 13.3. The van der Waals surface area contributed by atoms with Crippen molar-refractivity contribution in [1.82, 2.24) is 0 Å². The second-order valence-electron chi connectivity index (χ2n) is 12.7. The molecule has 39 heavy (non-hydrogen) atoms. The summed E-state index contributed by atoms with van der Waals surface area (Å²) < 4.78 is 41.3. The molecule has 0 bridgehead atoms. The van der Waals surface area contributed by atoms with Gasteiger partial charge in [-0.05, 0) is 77.8 Å². The zero-order chi connectivity index (χ0) is 29.4. The van der Waals surface area contributed by atoms with E-state index in [1.165, 1.54) is 4.31 Å². The van der Waals surface area contributed by atoms with Crippen LogP contribution in [0.4, 0.5) is 5.69 Å². The zero-order valence-corrected chi connectivity index (χ0v) is 27.8. The average Bonchev–Trinajstić information content (AvgIpc) is 3.16. The standard InChI is InChI=1S/C30H43NO5SSi2/c1-22-11-17-26(18-12-22)37(33,34)31(24-13-15-25(35-5)16-14-24)20-23-19-28(32)29(38(6,7)8)27(23)21-36-39(9,10)30(2,3)4/h11-18,20H,19,21H2,1-10H3/b23-20+. The van der Waals surface area contributed by atoms with Crippen LogP contribution >= 0.6 is 0 Å². The highest BCUT2D eigenvalue weighted by Crippen LogP contribution is 2.40. The Labute approximate surface area is 236 Å². The number of benzene rings is 2. The van der Waals surface area contributed by atoms with E-state index in [1.54, 1.807) is 61.8 Å². The second kappa shape index (κ2) is 11.2. The van der Waals surface area contributed by atoms with Gasteiger partial charge in [0.15, 0.2) is 14.1 Å². The van der Waals surface area contributed by atoms with Crippen molar-refractivity contribution in [1.29, 1.82) is 0 Å². The summed E-state index contributed by atoms with van der Waals surface area (Å²) in [6.45, 7) is 19.6. The Bertz CT molecular complexity index is 1380. The summed E-state index contributed by atoms with van der Waals surface area (Å²) in [5, 5.41) is 0.846. The number of ether oxygens (including phenoxy) is 1. The van der Waals surface area contributed by atoms with Crippen LogP contribution in [0.1, 0.15) is 32.8 Å². The summed E-state index contributed by atoms with van der Waals surface area (Å²) in [6.07, 6.45) is 1.79. The third-order valence-corrected chi connectivity index (χ3v) is 15.9. The average molecular weight is 586 g/mol. The van der Waals surface area contributed by atoms with Crippen LogP contribution < -0.4 is 9.04 Å². The van der Waals surface area contributed by atoms with E-state index in [9.17, 15) is 13.2 Å². The zero-order valence-electron chi connectivity index (χ0n) is 25.0. The van der Waals surface area contributed by atoms with Crippen LogP contribution in [0.15, 0.2) is 76.0 Å². The molecule has 2 aromatic carbocycles. The van der Waals surface area contributed by atoms with E-state index >= 15 is 0 Å². The fraction of sp³-hybridized carbons (Fsp3) is 0.433. The number of allylic oxidation sites excluding steroid dienone is 1. The van der Waals surface area contributed by atoms with E-state index in [0.717, 1.165) is 16.3 Å². The van der Waals surface area contributed by atoms with E-state index < -0.39 is 26.4 Å². The molecule has 0 N–H and O–H groups in total. The molecule has 9 heteroatoms. The molecule has 2 aromatic rings. The number of carbonyl (C=O) groups excluding carboxylic acids is 1. The van der Waals surface area contributed by atoms with Gasteiger partial charge in [0.25, 0.3) is 10.0 Å². The lowest BCUT2D eigenvalue weighted by atomic mass is 10.1. The number of aryl methyl sites for hydroxylation is 1. The van der Waals surface area contributed by atoms with Gasteiger partial charge in [0.1, 0.15) is 5.75 Å². The number of hydrogen-bond donors (Lipinski definition) is 0. The molecule has 0 amide bonds. The van der Waals surface area contributed by atoms with Gasteiger partial charge in [-0.15, -0.1) is 0 Å². The third kappa shape index (κ3) is 6.82. The molecule has 0 saturated carbocycles. The molecule has 212 valence electrons. The Balaban J connectivity index is 2.20. The van der Waals surface area contributed by atoms with Crippen molar-refractivity contribution < 1.29 is 22.4 Å². The van der Waals surface area contributed by atoms with Gasteiger partial charge in [0, 0.05) is 12.6 Å². The van der Waals surface area contributed by atoms with Crippen LogP contribution in [0.5, 0.6) is 5.75 Å². The van der Waals surface area contributed by atoms with Crippen LogP contribution in [-0.2, 0) is 19.2 Å². The number of sulfonamides is 1. The van der Waals surface area contributed by atoms with E-state index in [-0.39, 0.29) is 22.1 Å². The predicted molar refractivity (Wildman–Crippen MR) is 165 cm³/mol. The fourth-order valence-corrected chi connectivity index (χ4v) is 8.68. The van der Waals surface area contributed by atoms with Gasteiger partial charge < -0.3 is 9.16 Å². The summed E-state index contributed by atoms with van der Waals surface area (Å²) in [5.74, 6) is 0.691. The van der Waals surface area contributed by atoms with Gasteiger partial charge in [0.05, 0.1) is 32.4 Å². The molecule has 3 rings (SSSR count). The number of ketones is 1. The van der Waals surface area contributed by atoms with Crippen LogP contribution in [0.25, 0.3) is 0 Å². The van der Waals surface area contributed by atoms with Gasteiger partial charge in [-0.3, -0.25) is 4.79 Å². The van der Waals surface area contributed by atoms with E-state index in [4.69, 9.17) is 9.16 Å². The Morgan fingerprint density at radius 1 is 0.949 bits per heavy atom. The highest BCUT2D eigenvalue weighted by atomic mass is 32.2. The second-order valence-corrected chi connectivity index (χ2v) is 24.3. The minimum absolute atomic E-state index is 0.00326. The molecule has 0 aromatic heterocycles. The predicted octanol–water partition coefficient (Wildman–Crippen LogP) is 7.25. The molecule has 0 radical (unpaired) electrons. The topological polar surface area (TPSA) is 72.9 Å². The SMILES string of the molecule is COc1ccc(N(/C=C2\CC(=O)C([Si](C)(C)C)=C2CO[Si](C)(C)C(C)(C)C)S(=O)(=O)c2ccc(C)cc2)cc1. The number of Topliss-reactive ketones (excluding diaryl/α,β-unsaturated/α-hetero) is 1. The first-order chi connectivity index (χ1) is 17.9. The number of methoxy groups -OCH3 is 1. The molecule has 6 nitrogen and oxygen atoms in total. The Kier molecular flexibility index (Phi) is 8.92. The molecule has 1 aliphatic carbocycles. The molecule has 0 saturated heterocycles. The maximum Gasteiger partial charge on any atom is 0.268 e. The summed E-state index contributed by atoms with van der Waals surface area (Å²) in [4.78, 5) is 13.6. The lowest BCUT2D eigenvalue weighted by Gasteiger charge is -2.36. The largest absolute Gasteiger partial charge is 0.497 e. The molecule has 1 aliphatic rings. The summed E-state index contributed by atoms with van der Waals surface area (Å²) in [6, 6.07) is 13.7. The van der Waals surface area contributed by atoms with Gasteiger partial charge in [-0.1, -0.05) is 58.1 Å². The van der Waals surface area contributed by atoms with Crippen molar-refractivity contribution >= 4 is 37.9 Å². The number of carbonyl (C=O) groups is 1. The maximum absolute atomic E-state index is 14.0. The normalized spacial score (nSPS) is 16.3.